The van der Waals surface area contributed by atoms with Crippen LogP contribution in [0.4, 0.5) is 10.1 Å². The van der Waals surface area contributed by atoms with Gasteiger partial charge in [0.05, 0.1) is 5.69 Å². The van der Waals surface area contributed by atoms with E-state index in [0.717, 1.165) is 33.8 Å². The van der Waals surface area contributed by atoms with Gasteiger partial charge in [0.1, 0.15) is 15.6 Å². The summed E-state index contributed by atoms with van der Waals surface area (Å²) in [5, 5.41) is 8.93. The zero-order valence-electron chi connectivity index (χ0n) is 11.2. The Hall–Kier alpha value is -1.93. The van der Waals surface area contributed by atoms with E-state index in [1.807, 2.05) is 0 Å². The Balaban J connectivity index is 2.46. The predicted octanol–water partition coefficient (Wildman–Crippen LogP) is 2.72. The first kappa shape index (κ1) is 15.5. The molecular formula is C13H12FNO4S2. The molecule has 1 aromatic carbocycles. The average molecular weight is 329 g/mol. The van der Waals surface area contributed by atoms with Gasteiger partial charge in [-0.05, 0) is 37.3 Å². The monoisotopic (exact) mass is 329 g/mol. The number of aryl methyl sites for hydroxylation is 1. The van der Waals surface area contributed by atoms with Crippen molar-refractivity contribution in [2.24, 2.45) is 0 Å². The highest BCUT2D eigenvalue weighted by Crippen LogP contribution is 2.30. The summed E-state index contributed by atoms with van der Waals surface area (Å²) in [5.41, 5.74) is 0.291. The van der Waals surface area contributed by atoms with E-state index in [-0.39, 0.29) is 9.77 Å². The fourth-order valence-electron chi connectivity index (χ4n) is 1.76. The number of rotatable bonds is 4. The first-order valence-corrected chi connectivity index (χ1v) is 8.07. The molecular weight excluding hydrogens is 317 g/mol. The van der Waals surface area contributed by atoms with E-state index in [1.165, 1.54) is 19.2 Å². The summed E-state index contributed by atoms with van der Waals surface area (Å²) < 4.78 is 38.9. The fourth-order valence-corrected chi connectivity index (χ4v) is 4.36. The number of benzene rings is 1. The Morgan fingerprint density at radius 3 is 2.33 bits per heavy atom. The van der Waals surface area contributed by atoms with Gasteiger partial charge in [-0.1, -0.05) is 0 Å². The summed E-state index contributed by atoms with van der Waals surface area (Å²) in [4.78, 5) is 11.2. The molecule has 5 nitrogen and oxygen atoms in total. The Morgan fingerprint density at radius 2 is 1.86 bits per heavy atom. The molecule has 1 heterocycles. The highest BCUT2D eigenvalue weighted by Gasteiger charge is 2.26. The van der Waals surface area contributed by atoms with Crippen LogP contribution >= 0.6 is 11.3 Å². The quantitative estimate of drug-likeness (QED) is 0.936. The number of sulfonamides is 1. The third-order valence-corrected chi connectivity index (χ3v) is 5.99. The second-order valence-electron chi connectivity index (χ2n) is 4.29. The maximum absolute atomic E-state index is 12.9. The Labute approximate surface area is 125 Å². The molecule has 0 unspecified atom stereocenters. The zero-order valence-corrected chi connectivity index (χ0v) is 12.8. The molecule has 8 heteroatoms. The second-order valence-corrected chi connectivity index (χ2v) is 7.48. The highest BCUT2D eigenvalue weighted by atomic mass is 32.2. The van der Waals surface area contributed by atoms with E-state index >= 15 is 0 Å². The molecule has 0 saturated heterocycles. The lowest BCUT2D eigenvalue weighted by Crippen LogP contribution is -2.26. The summed E-state index contributed by atoms with van der Waals surface area (Å²) in [6.07, 6.45) is 0. The van der Waals surface area contributed by atoms with E-state index in [9.17, 15) is 17.6 Å². The van der Waals surface area contributed by atoms with Crippen molar-refractivity contribution < 1.29 is 22.7 Å². The molecule has 0 fully saturated rings. The van der Waals surface area contributed by atoms with Crippen LogP contribution in [0.1, 0.15) is 14.5 Å². The van der Waals surface area contributed by atoms with Crippen molar-refractivity contribution in [2.75, 3.05) is 11.4 Å². The summed E-state index contributed by atoms with van der Waals surface area (Å²) in [6.45, 7) is 1.54. The van der Waals surface area contributed by atoms with Crippen molar-refractivity contribution in [3.8, 4) is 0 Å². The van der Waals surface area contributed by atoms with E-state index in [4.69, 9.17) is 5.11 Å². The van der Waals surface area contributed by atoms with Gasteiger partial charge in [0.2, 0.25) is 0 Å². The molecule has 112 valence electrons. The molecule has 2 rings (SSSR count). The number of carboxylic acids is 1. The summed E-state index contributed by atoms with van der Waals surface area (Å²) in [7, 11) is -2.56. The van der Waals surface area contributed by atoms with Gasteiger partial charge in [0, 0.05) is 11.9 Å². The SMILES string of the molecule is Cc1sc(C(=O)O)cc1S(=O)(=O)N(C)c1ccc(F)cc1. The third-order valence-electron chi connectivity index (χ3n) is 2.91. The molecule has 2 aromatic rings. The van der Waals surface area contributed by atoms with Crippen molar-refractivity contribution in [2.45, 2.75) is 11.8 Å². The minimum Gasteiger partial charge on any atom is -0.477 e. The molecule has 0 bridgehead atoms. The van der Waals surface area contributed by atoms with Gasteiger partial charge in [-0.15, -0.1) is 11.3 Å². The number of hydrogen-bond donors (Lipinski definition) is 1. The lowest BCUT2D eigenvalue weighted by atomic mass is 10.3. The van der Waals surface area contributed by atoms with Gasteiger partial charge >= 0.3 is 5.97 Å². The van der Waals surface area contributed by atoms with Crippen molar-refractivity contribution in [3.63, 3.8) is 0 Å². The molecule has 1 N–H and O–H groups in total. The number of halogens is 1. The van der Waals surface area contributed by atoms with E-state index in [2.05, 4.69) is 0 Å². The predicted molar refractivity (Wildman–Crippen MR) is 78.0 cm³/mol. The average Bonchev–Trinajstić information content (AvgIpc) is 2.82. The van der Waals surface area contributed by atoms with Crippen LogP contribution in [-0.4, -0.2) is 26.5 Å². The van der Waals surface area contributed by atoms with Crippen LogP contribution in [0.5, 0.6) is 0 Å². The summed E-state index contributed by atoms with van der Waals surface area (Å²) in [5.74, 6) is -1.64. The van der Waals surface area contributed by atoms with E-state index in [1.54, 1.807) is 6.92 Å². The molecule has 0 aliphatic rings. The molecule has 21 heavy (non-hydrogen) atoms. The van der Waals surface area contributed by atoms with E-state index in [0.29, 0.717) is 10.6 Å². The molecule has 0 amide bonds. The Kier molecular flexibility index (Phi) is 4.02. The normalized spacial score (nSPS) is 11.4. The van der Waals surface area contributed by atoms with Crippen LogP contribution < -0.4 is 4.31 Å². The van der Waals surface area contributed by atoms with Gasteiger partial charge in [-0.2, -0.15) is 0 Å². The first-order chi connectivity index (χ1) is 9.73. The number of carboxylic acid groups (broad SMARTS) is 1. The first-order valence-electron chi connectivity index (χ1n) is 5.81. The molecule has 0 spiro atoms. The Bertz CT molecular complexity index is 781. The van der Waals surface area contributed by atoms with Crippen molar-refractivity contribution in [1.82, 2.24) is 0 Å². The van der Waals surface area contributed by atoms with Gasteiger partial charge in [0.25, 0.3) is 10.0 Å². The number of hydrogen-bond acceptors (Lipinski definition) is 4. The Morgan fingerprint density at radius 1 is 1.29 bits per heavy atom. The van der Waals surface area contributed by atoms with Crippen LogP contribution in [0.15, 0.2) is 35.2 Å². The van der Waals surface area contributed by atoms with Crippen molar-refractivity contribution >= 4 is 33.0 Å². The smallest absolute Gasteiger partial charge is 0.345 e. The molecule has 0 radical (unpaired) electrons. The van der Waals surface area contributed by atoms with Crippen LogP contribution in [0.2, 0.25) is 0 Å². The summed E-state index contributed by atoms with van der Waals surface area (Å²) in [6, 6.07) is 6.13. The molecule has 0 saturated carbocycles. The topological polar surface area (TPSA) is 74.7 Å². The fraction of sp³-hybridized carbons (Fsp3) is 0.154. The zero-order chi connectivity index (χ0) is 15.8. The van der Waals surface area contributed by atoms with Gasteiger partial charge in [-0.25, -0.2) is 17.6 Å². The molecule has 0 atom stereocenters. The van der Waals surface area contributed by atoms with Crippen LogP contribution in [-0.2, 0) is 10.0 Å². The van der Waals surface area contributed by atoms with Crippen molar-refractivity contribution in [3.05, 3.63) is 45.9 Å². The van der Waals surface area contributed by atoms with Crippen LogP contribution in [0.25, 0.3) is 0 Å². The molecule has 0 aliphatic carbocycles. The lowest BCUT2D eigenvalue weighted by molar-refractivity contribution is 0.0702. The third kappa shape index (κ3) is 2.91. The van der Waals surface area contributed by atoms with Gasteiger partial charge in [0.15, 0.2) is 0 Å². The number of thiophene rings is 1. The largest absolute Gasteiger partial charge is 0.477 e. The molecule has 1 aromatic heterocycles. The van der Waals surface area contributed by atoms with Gasteiger partial charge < -0.3 is 5.11 Å². The van der Waals surface area contributed by atoms with Crippen LogP contribution in [0, 0.1) is 12.7 Å². The highest BCUT2D eigenvalue weighted by molar-refractivity contribution is 7.93. The summed E-state index contributed by atoms with van der Waals surface area (Å²) >= 11 is 0.899. The van der Waals surface area contributed by atoms with E-state index < -0.39 is 21.8 Å². The number of carbonyl (C=O) groups is 1. The maximum Gasteiger partial charge on any atom is 0.345 e. The number of anilines is 1. The lowest BCUT2D eigenvalue weighted by Gasteiger charge is -2.19. The number of aromatic carboxylic acids is 1. The maximum atomic E-state index is 12.9. The van der Waals surface area contributed by atoms with Crippen molar-refractivity contribution in [1.29, 1.82) is 0 Å². The minimum absolute atomic E-state index is 0.0430. The number of nitrogens with zero attached hydrogens (tertiary/aromatic N) is 1. The van der Waals surface area contributed by atoms with Gasteiger partial charge in [-0.3, -0.25) is 4.31 Å². The minimum atomic E-state index is -3.89. The molecule has 0 aliphatic heterocycles. The van der Waals surface area contributed by atoms with Crippen LogP contribution in [0.3, 0.4) is 0 Å². The second kappa shape index (κ2) is 5.45. The standard InChI is InChI=1S/C13H12FNO4S2/c1-8-12(7-11(20-8)13(16)17)21(18,19)15(2)10-5-3-9(14)4-6-10/h3-7H,1-2H3,(H,16,17).